The second-order valence-corrected chi connectivity index (χ2v) is 11.9. The molecule has 208 valence electrons. The van der Waals surface area contributed by atoms with Gasteiger partial charge in [-0.3, -0.25) is 14.4 Å². The van der Waals surface area contributed by atoms with Crippen molar-refractivity contribution < 1.29 is 29.0 Å². The van der Waals surface area contributed by atoms with Crippen LogP contribution in [0.2, 0.25) is 0 Å². The largest absolute Gasteiger partial charge is 0.466 e. The number of amides is 2. The highest BCUT2D eigenvalue weighted by atomic mass is 16.6. The van der Waals surface area contributed by atoms with Crippen LogP contribution >= 0.6 is 0 Å². The monoisotopic (exact) mass is 518 g/mol. The van der Waals surface area contributed by atoms with Crippen LogP contribution in [0.4, 0.5) is 0 Å². The highest BCUT2D eigenvalue weighted by Gasteiger charge is 2.81. The number of likely N-dealkylation sites (tertiary alicyclic amines) is 1. The molecule has 2 bridgehead atoms. The predicted molar refractivity (Wildman–Crippen MR) is 139 cm³/mol. The summed E-state index contributed by atoms with van der Waals surface area (Å²) in [5.74, 6) is -2.53. The molecule has 2 amide bonds. The number of carbonyl (C=O) groups is 3. The minimum absolute atomic E-state index is 0.0340. The van der Waals surface area contributed by atoms with Crippen molar-refractivity contribution in [2.75, 3.05) is 19.8 Å². The van der Waals surface area contributed by atoms with E-state index >= 15 is 0 Å². The zero-order valence-corrected chi connectivity index (χ0v) is 23.3. The number of ether oxygens (including phenoxy) is 2. The summed E-state index contributed by atoms with van der Waals surface area (Å²) in [7, 11) is 0. The van der Waals surface area contributed by atoms with Crippen molar-refractivity contribution in [3.63, 3.8) is 0 Å². The molecule has 3 saturated heterocycles. The van der Waals surface area contributed by atoms with E-state index in [0.29, 0.717) is 13.0 Å². The standard InChI is InChI=1S/C29H46N2O6/c1-7-15-30(20-13-11-10-12-14-20)26(34)24-29-16-19(5)28(6,37-29)23(27(35)36-9-3)22(29)25(33)31(24)21(17-32)18(4)8-2/h7,18-24,32H,1,8-17H2,2-6H3/t18-,19?,21-,22-,23+,24?,28-,29?/m0/s1. The SMILES string of the molecule is C=CCN(C(=O)C1N([C@@H](CO)[C@@H](C)CC)C(=O)[C@@H]2[C@H](C(=O)OCC)[C@@]3(C)OC12CC3C)C1CCCCC1. The number of hydrogen-bond donors (Lipinski definition) is 1. The van der Waals surface area contributed by atoms with E-state index < -0.39 is 41.1 Å². The molecule has 1 spiro atoms. The topological polar surface area (TPSA) is 96.4 Å². The molecule has 4 aliphatic rings. The fraction of sp³-hybridized carbons (Fsp3) is 0.828. The molecule has 8 nitrogen and oxygen atoms in total. The summed E-state index contributed by atoms with van der Waals surface area (Å²) in [6.45, 7) is 14.0. The van der Waals surface area contributed by atoms with Gasteiger partial charge >= 0.3 is 5.97 Å². The molecular formula is C29H46N2O6. The number of rotatable bonds is 10. The predicted octanol–water partition coefficient (Wildman–Crippen LogP) is 3.31. The Bertz CT molecular complexity index is 903. The summed E-state index contributed by atoms with van der Waals surface area (Å²) in [6.07, 6.45) is 8.13. The number of aliphatic hydroxyl groups excluding tert-OH is 1. The first-order chi connectivity index (χ1) is 17.6. The number of esters is 1. The van der Waals surface area contributed by atoms with Crippen LogP contribution in [0.1, 0.15) is 79.6 Å². The van der Waals surface area contributed by atoms with Gasteiger partial charge in [-0.25, -0.2) is 0 Å². The first kappa shape index (κ1) is 28.1. The fourth-order valence-electron chi connectivity index (χ4n) is 7.83. The molecule has 4 fully saturated rings. The van der Waals surface area contributed by atoms with Crippen molar-refractivity contribution in [3.8, 4) is 0 Å². The Balaban J connectivity index is 1.85. The molecule has 0 aromatic heterocycles. The van der Waals surface area contributed by atoms with Crippen LogP contribution in [0.3, 0.4) is 0 Å². The van der Waals surface area contributed by atoms with Gasteiger partial charge in [0.15, 0.2) is 0 Å². The number of hydrogen-bond acceptors (Lipinski definition) is 6. The molecule has 8 atom stereocenters. The molecule has 37 heavy (non-hydrogen) atoms. The van der Waals surface area contributed by atoms with Crippen molar-refractivity contribution >= 4 is 17.8 Å². The quantitative estimate of drug-likeness (QED) is 0.352. The lowest BCUT2D eigenvalue weighted by atomic mass is 9.62. The van der Waals surface area contributed by atoms with E-state index in [1.807, 2.05) is 32.6 Å². The molecule has 0 radical (unpaired) electrons. The van der Waals surface area contributed by atoms with E-state index in [1.54, 1.807) is 17.9 Å². The van der Waals surface area contributed by atoms with Crippen LogP contribution in [0.5, 0.6) is 0 Å². The Morgan fingerprint density at radius 3 is 2.54 bits per heavy atom. The molecule has 1 N–H and O–H groups in total. The van der Waals surface area contributed by atoms with Gasteiger partial charge in [-0.2, -0.15) is 0 Å². The second kappa shape index (κ2) is 10.7. The van der Waals surface area contributed by atoms with E-state index in [4.69, 9.17) is 9.47 Å². The Labute approximate surface area is 221 Å². The third kappa shape index (κ3) is 4.22. The summed E-state index contributed by atoms with van der Waals surface area (Å²) >= 11 is 0. The number of carbonyl (C=O) groups excluding carboxylic acids is 3. The molecule has 0 aromatic carbocycles. The summed E-state index contributed by atoms with van der Waals surface area (Å²) in [4.78, 5) is 45.9. The molecule has 3 heterocycles. The zero-order valence-electron chi connectivity index (χ0n) is 23.3. The van der Waals surface area contributed by atoms with Gasteiger partial charge in [0.2, 0.25) is 11.8 Å². The van der Waals surface area contributed by atoms with Gasteiger partial charge in [-0.1, -0.05) is 52.5 Å². The van der Waals surface area contributed by atoms with Gasteiger partial charge < -0.3 is 24.4 Å². The highest BCUT2D eigenvalue weighted by Crippen LogP contribution is 2.66. The molecule has 3 unspecified atom stereocenters. The number of fused-ring (bicyclic) bond motifs is 1. The normalized spacial score (nSPS) is 36.8. The third-order valence-corrected chi connectivity index (χ3v) is 10.00. The van der Waals surface area contributed by atoms with Crippen LogP contribution < -0.4 is 0 Å². The van der Waals surface area contributed by atoms with E-state index in [1.165, 1.54) is 0 Å². The smallest absolute Gasteiger partial charge is 0.312 e. The number of aliphatic hydroxyl groups is 1. The minimum Gasteiger partial charge on any atom is -0.466 e. The molecule has 1 aliphatic carbocycles. The summed E-state index contributed by atoms with van der Waals surface area (Å²) in [5.41, 5.74) is -2.02. The van der Waals surface area contributed by atoms with Gasteiger partial charge in [0.05, 0.1) is 30.8 Å². The van der Waals surface area contributed by atoms with Gasteiger partial charge in [-0.15, -0.1) is 6.58 Å². The maximum atomic E-state index is 14.7. The fourth-order valence-corrected chi connectivity index (χ4v) is 7.83. The van der Waals surface area contributed by atoms with Crippen LogP contribution in [-0.2, 0) is 23.9 Å². The average Bonchev–Trinajstić information content (AvgIpc) is 3.40. The summed E-state index contributed by atoms with van der Waals surface area (Å²) in [6, 6.07) is -1.37. The van der Waals surface area contributed by atoms with E-state index in [2.05, 4.69) is 6.58 Å². The van der Waals surface area contributed by atoms with Crippen LogP contribution in [-0.4, -0.2) is 81.8 Å². The van der Waals surface area contributed by atoms with Crippen molar-refractivity contribution in [3.05, 3.63) is 12.7 Å². The Morgan fingerprint density at radius 1 is 1.30 bits per heavy atom. The highest BCUT2D eigenvalue weighted by molar-refractivity contribution is 5.99. The molecule has 4 rings (SSSR count). The molecule has 1 saturated carbocycles. The van der Waals surface area contributed by atoms with E-state index in [9.17, 15) is 19.5 Å². The second-order valence-electron chi connectivity index (χ2n) is 11.9. The van der Waals surface area contributed by atoms with Gasteiger partial charge in [0.1, 0.15) is 17.6 Å². The average molecular weight is 519 g/mol. The summed E-state index contributed by atoms with van der Waals surface area (Å²) < 4.78 is 12.3. The lowest BCUT2D eigenvalue weighted by molar-refractivity contribution is -0.164. The van der Waals surface area contributed by atoms with Crippen LogP contribution in [0.15, 0.2) is 12.7 Å². The molecular weight excluding hydrogens is 472 g/mol. The van der Waals surface area contributed by atoms with Gasteiger partial charge in [0.25, 0.3) is 0 Å². The van der Waals surface area contributed by atoms with Crippen LogP contribution in [0, 0.1) is 23.7 Å². The zero-order chi connectivity index (χ0) is 27.1. The maximum Gasteiger partial charge on any atom is 0.312 e. The van der Waals surface area contributed by atoms with Crippen molar-refractivity contribution in [2.24, 2.45) is 23.7 Å². The van der Waals surface area contributed by atoms with Crippen molar-refractivity contribution in [1.29, 1.82) is 0 Å². The van der Waals surface area contributed by atoms with E-state index in [0.717, 1.165) is 38.5 Å². The van der Waals surface area contributed by atoms with Gasteiger partial charge in [0, 0.05) is 12.6 Å². The third-order valence-electron chi connectivity index (χ3n) is 10.00. The Morgan fingerprint density at radius 2 is 1.97 bits per heavy atom. The maximum absolute atomic E-state index is 14.7. The molecule has 3 aliphatic heterocycles. The van der Waals surface area contributed by atoms with Crippen molar-refractivity contribution in [2.45, 2.75) is 109 Å². The molecule has 8 heteroatoms. The van der Waals surface area contributed by atoms with Crippen LogP contribution in [0.25, 0.3) is 0 Å². The minimum atomic E-state index is -1.13. The first-order valence-electron chi connectivity index (χ1n) is 14.3. The number of nitrogens with zero attached hydrogens (tertiary/aromatic N) is 2. The summed E-state index contributed by atoms with van der Waals surface area (Å²) in [5, 5.41) is 10.5. The first-order valence-corrected chi connectivity index (χ1v) is 14.3. The Hall–Kier alpha value is -1.93. The van der Waals surface area contributed by atoms with Gasteiger partial charge in [-0.05, 0) is 44.9 Å². The van der Waals surface area contributed by atoms with Crippen molar-refractivity contribution in [1.82, 2.24) is 9.80 Å². The van der Waals surface area contributed by atoms with E-state index in [-0.39, 0.29) is 42.9 Å². The lowest BCUT2D eigenvalue weighted by Crippen LogP contribution is -2.61. The molecule has 0 aromatic rings. The lowest BCUT2D eigenvalue weighted by Gasteiger charge is -2.43. The Kier molecular flexibility index (Phi) is 8.11.